The minimum Gasteiger partial charge on any atom is -0.488 e. The number of unbranched alkanes of at least 4 members (excludes halogenated alkanes) is 8. The molecule has 0 bridgehead atoms. The van der Waals surface area contributed by atoms with Crippen LogP contribution in [0, 0.1) is 0 Å². The van der Waals surface area contributed by atoms with Crippen LogP contribution in [0.2, 0.25) is 0 Å². The molecule has 202 valence electrons. The van der Waals surface area contributed by atoms with Crippen molar-refractivity contribution >= 4 is 5.91 Å². The summed E-state index contributed by atoms with van der Waals surface area (Å²) in [5.41, 5.74) is 0.779. The van der Waals surface area contributed by atoms with E-state index in [1.54, 1.807) is 0 Å². The molecular formula is C31H55NO3. The average Bonchev–Trinajstić information content (AvgIpc) is 2.81. The molecule has 0 radical (unpaired) electrons. The van der Waals surface area contributed by atoms with Crippen molar-refractivity contribution in [1.82, 2.24) is 5.32 Å². The molecule has 0 heterocycles. The second kappa shape index (κ2) is 16.9. The number of rotatable bonds is 20. The van der Waals surface area contributed by atoms with Crippen molar-refractivity contribution in [2.75, 3.05) is 6.54 Å². The molecule has 0 saturated carbocycles. The highest BCUT2D eigenvalue weighted by Gasteiger charge is 2.21. The lowest BCUT2D eigenvalue weighted by atomic mass is 10.0. The van der Waals surface area contributed by atoms with E-state index in [4.69, 9.17) is 9.47 Å². The van der Waals surface area contributed by atoms with Crippen LogP contribution in [0.25, 0.3) is 0 Å². The zero-order chi connectivity index (χ0) is 26.2. The van der Waals surface area contributed by atoms with Crippen LogP contribution in [-0.2, 0) is 11.2 Å². The van der Waals surface area contributed by atoms with E-state index >= 15 is 0 Å². The standard InChI is InChI=1S/C31H55NO3/c1-8-11-12-13-14-15-16-17-21-29(33)32-24-19-18-20-26-22-23-27(34-30(4,5)9-2)25-28(26)35-31(6,7)10-3/h22-23,25H,8-21,24H2,1-7H3,(H,32,33). The monoisotopic (exact) mass is 489 g/mol. The van der Waals surface area contributed by atoms with Crippen molar-refractivity contribution in [2.45, 2.75) is 150 Å². The first kappa shape index (κ1) is 31.3. The lowest BCUT2D eigenvalue weighted by Gasteiger charge is -2.29. The Bertz CT molecular complexity index is 711. The maximum Gasteiger partial charge on any atom is 0.219 e. The third-order valence-corrected chi connectivity index (χ3v) is 6.97. The van der Waals surface area contributed by atoms with E-state index in [0.29, 0.717) is 6.42 Å². The van der Waals surface area contributed by atoms with Gasteiger partial charge in [-0.3, -0.25) is 4.79 Å². The van der Waals surface area contributed by atoms with Crippen molar-refractivity contribution in [3.05, 3.63) is 23.8 Å². The summed E-state index contributed by atoms with van der Waals surface area (Å²) < 4.78 is 12.6. The van der Waals surface area contributed by atoms with E-state index in [0.717, 1.165) is 56.6 Å². The Kier molecular flexibility index (Phi) is 15.1. The van der Waals surface area contributed by atoms with Crippen molar-refractivity contribution in [1.29, 1.82) is 0 Å². The zero-order valence-corrected chi connectivity index (χ0v) is 24.1. The molecule has 0 aliphatic heterocycles. The molecule has 0 aromatic heterocycles. The summed E-state index contributed by atoms with van der Waals surface area (Å²) in [6, 6.07) is 6.25. The largest absolute Gasteiger partial charge is 0.488 e. The van der Waals surface area contributed by atoms with Gasteiger partial charge in [-0.1, -0.05) is 71.8 Å². The first-order valence-electron chi connectivity index (χ1n) is 14.4. The molecule has 0 atom stereocenters. The first-order valence-corrected chi connectivity index (χ1v) is 14.4. The number of hydrogen-bond acceptors (Lipinski definition) is 3. The van der Waals surface area contributed by atoms with E-state index in [9.17, 15) is 4.79 Å². The molecule has 0 fully saturated rings. The fourth-order valence-corrected chi connectivity index (χ4v) is 3.84. The van der Waals surface area contributed by atoms with E-state index in [2.05, 4.69) is 72.0 Å². The van der Waals surface area contributed by atoms with Crippen LogP contribution in [0.15, 0.2) is 18.2 Å². The predicted octanol–water partition coefficient (Wildman–Crippen LogP) is 8.79. The van der Waals surface area contributed by atoms with Gasteiger partial charge >= 0.3 is 0 Å². The van der Waals surface area contributed by atoms with Gasteiger partial charge in [-0.05, 0) is 77.8 Å². The fourth-order valence-electron chi connectivity index (χ4n) is 3.84. The molecule has 1 rings (SSSR count). The van der Waals surface area contributed by atoms with Gasteiger partial charge in [0.1, 0.15) is 22.7 Å². The van der Waals surface area contributed by atoms with Gasteiger partial charge in [-0.2, -0.15) is 0 Å². The second-order valence-corrected chi connectivity index (χ2v) is 11.2. The molecule has 0 spiro atoms. The highest BCUT2D eigenvalue weighted by Crippen LogP contribution is 2.32. The summed E-state index contributed by atoms with van der Waals surface area (Å²) >= 11 is 0. The number of carbonyl (C=O) groups is 1. The Labute approximate surface area is 216 Å². The van der Waals surface area contributed by atoms with Gasteiger partial charge in [0, 0.05) is 19.0 Å². The lowest BCUT2D eigenvalue weighted by molar-refractivity contribution is -0.121. The van der Waals surface area contributed by atoms with Gasteiger partial charge in [0.15, 0.2) is 0 Å². The topological polar surface area (TPSA) is 47.6 Å². The summed E-state index contributed by atoms with van der Waals surface area (Å²) in [7, 11) is 0. The number of benzene rings is 1. The molecule has 4 heteroatoms. The van der Waals surface area contributed by atoms with E-state index in [1.165, 1.54) is 50.5 Å². The smallest absolute Gasteiger partial charge is 0.219 e. The molecule has 1 amide bonds. The third-order valence-electron chi connectivity index (χ3n) is 6.97. The van der Waals surface area contributed by atoms with E-state index in [1.807, 2.05) is 0 Å². The lowest BCUT2D eigenvalue weighted by Crippen LogP contribution is -2.28. The molecule has 4 nitrogen and oxygen atoms in total. The molecule has 1 N–H and O–H groups in total. The zero-order valence-electron chi connectivity index (χ0n) is 24.1. The highest BCUT2D eigenvalue weighted by atomic mass is 16.5. The summed E-state index contributed by atoms with van der Waals surface area (Å²) in [5, 5.41) is 3.10. The van der Waals surface area contributed by atoms with Gasteiger partial charge in [-0.15, -0.1) is 0 Å². The first-order chi connectivity index (χ1) is 16.6. The minimum absolute atomic E-state index is 0.199. The number of hydrogen-bond donors (Lipinski definition) is 1. The Hall–Kier alpha value is -1.71. The second-order valence-electron chi connectivity index (χ2n) is 11.2. The van der Waals surface area contributed by atoms with Gasteiger partial charge in [0.2, 0.25) is 5.91 Å². The van der Waals surface area contributed by atoms with E-state index < -0.39 is 0 Å². The van der Waals surface area contributed by atoms with Gasteiger partial charge in [0.05, 0.1) is 0 Å². The number of nitrogens with one attached hydrogen (secondary N) is 1. The normalized spacial score (nSPS) is 12.0. The van der Waals surface area contributed by atoms with Crippen LogP contribution in [0.1, 0.15) is 138 Å². The number of ether oxygens (including phenoxy) is 2. The van der Waals surface area contributed by atoms with Crippen LogP contribution in [0.4, 0.5) is 0 Å². The Balaban J connectivity index is 2.42. The summed E-state index contributed by atoms with van der Waals surface area (Å²) in [5.74, 6) is 1.97. The van der Waals surface area contributed by atoms with Crippen molar-refractivity contribution in [2.24, 2.45) is 0 Å². The maximum atomic E-state index is 12.1. The van der Waals surface area contributed by atoms with Crippen molar-refractivity contribution in [3.63, 3.8) is 0 Å². The molecule has 0 aliphatic rings. The van der Waals surface area contributed by atoms with Gasteiger partial charge in [-0.25, -0.2) is 0 Å². The van der Waals surface area contributed by atoms with Crippen molar-refractivity contribution in [3.8, 4) is 11.5 Å². The Morgan fingerprint density at radius 1 is 0.771 bits per heavy atom. The summed E-state index contributed by atoms with van der Waals surface area (Å²) in [6.45, 7) is 15.8. The molecular weight excluding hydrogens is 434 g/mol. The van der Waals surface area contributed by atoms with E-state index in [-0.39, 0.29) is 17.1 Å². The van der Waals surface area contributed by atoms with Crippen molar-refractivity contribution < 1.29 is 14.3 Å². The number of aryl methyl sites for hydroxylation is 1. The van der Waals surface area contributed by atoms with Gasteiger partial charge in [0.25, 0.3) is 0 Å². The molecule has 35 heavy (non-hydrogen) atoms. The van der Waals surface area contributed by atoms with Gasteiger partial charge < -0.3 is 14.8 Å². The van der Waals surface area contributed by atoms with Crippen LogP contribution in [0.3, 0.4) is 0 Å². The quantitative estimate of drug-likeness (QED) is 0.186. The molecule has 0 unspecified atom stereocenters. The predicted molar refractivity (Wildman–Crippen MR) is 150 cm³/mol. The third kappa shape index (κ3) is 14.4. The molecule has 1 aromatic rings. The Morgan fingerprint density at radius 3 is 2.00 bits per heavy atom. The van der Waals surface area contributed by atoms with Crippen LogP contribution in [-0.4, -0.2) is 23.7 Å². The maximum absolute atomic E-state index is 12.1. The van der Waals surface area contributed by atoms with Crippen LogP contribution in [0.5, 0.6) is 11.5 Å². The number of carbonyl (C=O) groups excluding carboxylic acids is 1. The summed E-state index contributed by atoms with van der Waals surface area (Å²) in [4.78, 5) is 12.1. The average molecular weight is 490 g/mol. The van der Waals surface area contributed by atoms with Crippen LogP contribution < -0.4 is 14.8 Å². The number of amides is 1. The SMILES string of the molecule is CCCCCCCCCCC(=O)NCCCCc1ccc(OC(C)(C)CC)cc1OC(C)(C)CC. The molecule has 0 aliphatic carbocycles. The summed E-state index contributed by atoms with van der Waals surface area (Å²) in [6.07, 6.45) is 15.6. The fraction of sp³-hybridized carbons (Fsp3) is 0.774. The molecule has 0 saturated heterocycles. The highest BCUT2D eigenvalue weighted by molar-refractivity contribution is 5.75. The van der Waals surface area contributed by atoms with Crippen LogP contribution >= 0.6 is 0 Å². The Morgan fingerprint density at radius 2 is 1.37 bits per heavy atom. The molecule has 1 aromatic carbocycles. The minimum atomic E-state index is -0.225.